The molecule has 2 aliphatic rings. The highest BCUT2D eigenvalue weighted by molar-refractivity contribution is 7.89. The Labute approximate surface area is 181 Å². The monoisotopic (exact) mass is 452 g/mol. The smallest absolute Gasteiger partial charge is 0.248 e. The molecule has 2 aromatic rings. The van der Waals surface area contributed by atoms with Crippen molar-refractivity contribution >= 4 is 27.3 Å². The first-order chi connectivity index (χ1) is 14.4. The summed E-state index contributed by atoms with van der Waals surface area (Å²) in [4.78, 5) is 18.8. The second kappa shape index (κ2) is 8.78. The quantitative estimate of drug-likeness (QED) is 0.691. The third kappa shape index (κ3) is 4.32. The molecule has 0 aliphatic carbocycles. The Morgan fingerprint density at radius 3 is 2.43 bits per heavy atom. The maximum atomic E-state index is 13.0. The van der Waals surface area contributed by atoms with Crippen LogP contribution in [0.3, 0.4) is 0 Å². The van der Waals surface area contributed by atoms with E-state index in [4.69, 9.17) is 4.52 Å². The number of rotatable bonds is 5. The van der Waals surface area contributed by atoms with E-state index in [1.54, 1.807) is 25.2 Å². The third-order valence-electron chi connectivity index (χ3n) is 6.01. The number of aromatic nitrogens is 1. The van der Waals surface area contributed by atoms with Gasteiger partial charge in [-0.1, -0.05) is 11.2 Å². The molecule has 0 aromatic carbocycles. The summed E-state index contributed by atoms with van der Waals surface area (Å²) in [5, 5.41) is 5.86. The van der Waals surface area contributed by atoms with Crippen LogP contribution < -0.4 is 0 Å². The number of piperidine rings is 1. The van der Waals surface area contributed by atoms with Gasteiger partial charge in [-0.15, -0.1) is 11.3 Å². The highest BCUT2D eigenvalue weighted by atomic mass is 32.2. The van der Waals surface area contributed by atoms with Crippen LogP contribution in [0.2, 0.25) is 0 Å². The molecule has 2 aliphatic heterocycles. The van der Waals surface area contributed by atoms with Gasteiger partial charge in [0.05, 0.1) is 0 Å². The molecule has 2 saturated heterocycles. The Hall–Kier alpha value is -1.75. The van der Waals surface area contributed by atoms with E-state index in [0.29, 0.717) is 37.4 Å². The minimum absolute atomic E-state index is 0.107. The minimum Gasteiger partial charge on any atom is -0.360 e. The lowest BCUT2D eigenvalue weighted by Gasteiger charge is -2.38. The van der Waals surface area contributed by atoms with E-state index in [9.17, 15) is 13.2 Å². The van der Waals surface area contributed by atoms with E-state index in [0.717, 1.165) is 32.7 Å². The van der Waals surface area contributed by atoms with Crippen LogP contribution in [0.5, 0.6) is 0 Å². The number of carbonyl (C=O) groups is 1. The zero-order valence-electron chi connectivity index (χ0n) is 17.4. The zero-order chi connectivity index (χ0) is 21.3. The maximum absolute atomic E-state index is 13.0. The van der Waals surface area contributed by atoms with Crippen LogP contribution >= 0.6 is 11.3 Å². The van der Waals surface area contributed by atoms with Gasteiger partial charge in [-0.2, -0.15) is 4.31 Å². The van der Waals surface area contributed by atoms with Gasteiger partial charge in [0, 0.05) is 56.6 Å². The van der Waals surface area contributed by atoms with E-state index in [1.165, 1.54) is 9.18 Å². The van der Waals surface area contributed by atoms with Crippen LogP contribution in [0.1, 0.15) is 29.2 Å². The Kier molecular flexibility index (Phi) is 6.29. The lowest BCUT2D eigenvalue weighted by atomic mass is 9.96. The van der Waals surface area contributed by atoms with E-state index < -0.39 is 10.0 Å². The van der Waals surface area contributed by atoms with E-state index in [1.807, 2.05) is 4.90 Å². The lowest BCUT2D eigenvalue weighted by Crippen LogP contribution is -2.51. The standard InChI is InChI=1S/C20H28N4O4S2/c1-15-19(16(2)28-21-15)30(26,27)24-7-5-17(6-8-24)20(25)23-11-9-22(10-12-23)14-18-4-3-13-29-18/h3-4,13,17H,5-12,14H2,1-2H3. The van der Waals surface area contributed by atoms with Crippen LogP contribution in [0.15, 0.2) is 26.9 Å². The summed E-state index contributed by atoms with van der Waals surface area (Å²) in [6, 6.07) is 4.21. The number of piperazine rings is 1. The Balaban J connectivity index is 1.30. The van der Waals surface area contributed by atoms with E-state index >= 15 is 0 Å². The molecule has 0 bridgehead atoms. The first kappa shape index (κ1) is 21.5. The molecule has 0 unspecified atom stereocenters. The molecule has 30 heavy (non-hydrogen) atoms. The molecule has 10 heteroatoms. The summed E-state index contributed by atoms with van der Waals surface area (Å²) in [6.07, 6.45) is 1.10. The maximum Gasteiger partial charge on any atom is 0.248 e. The molecule has 2 aromatic heterocycles. The molecule has 1 amide bonds. The number of carbonyl (C=O) groups excluding carboxylic acids is 1. The first-order valence-electron chi connectivity index (χ1n) is 10.3. The van der Waals surface area contributed by atoms with Crippen molar-refractivity contribution in [3.05, 3.63) is 33.8 Å². The van der Waals surface area contributed by atoms with Crippen LogP contribution in [0, 0.1) is 19.8 Å². The minimum atomic E-state index is -3.64. The summed E-state index contributed by atoms with van der Waals surface area (Å²) in [6.45, 7) is 8.12. The van der Waals surface area contributed by atoms with Crippen molar-refractivity contribution in [2.45, 2.75) is 38.1 Å². The molecule has 0 N–H and O–H groups in total. The Bertz CT molecular complexity index is 951. The van der Waals surface area contributed by atoms with Crippen molar-refractivity contribution in [1.29, 1.82) is 0 Å². The van der Waals surface area contributed by atoms with Gasteiger partial charge in [0.2, 0.25) is 15.9 Å². The number of aryl methyl sites for hydroxylation is 2. The van der Waals surface area contributed by atoms with Crippen LogP contribution in [-0.2, 0) is 21.4 Å². The number of thiophene rings is 1. The second-order valence-electron chi connectivity index (χ2n) is 8.01. The average Bonchev–Trinajstić information content (AvgIpc) is 3.37. The fourth-order valence-electron chi connectivity index (χ4n) is 4.32. The van der Waals surface area contributed by atoms with Crippen molar-refractivity contribution in [1.82, 2.24) is 19.3 Å². The number of sulfonamides is 1. The largest absolute Gasteiger partial charge is 0.360 e. The van der Waals surface area contributed by atoms with Gasteiger partial charge < -0.3 is 9.42 Å². The van der Waals surface area contributed by atoms with Crippen molar-refractivity contribution in [3.8, 4) is 0 Å². The number of amides is 1. The summed E-state index contributed by atoms with van der Waals surface area (Å²) in [5.41, 5.74) is 0.381. The Morgan fingerprint density at radius 1 is 1.17 bits per heavy atom. The SMILES string of the molecule is Cc1noc(C)c1S(=O)(=O)N1CCC(C(=O)N2CCN(Cc3cccs3)CC2)CC1. The van der Waals surface area contributed by atoms with Gasteiger partial charge in [-0.25, -0.2) is 8.42 Å². The highest BCUT2D eigenvalue weighted by Gasteiger charge is 2.37. The summed E-state index contributed by atoms with van der Waals surface area (Å²) >= 11 is 1.76. The van der Waals surface area contributed by atoms with Crippen LogP contribution in [0.25, 0.3) is 0 Å². The van der Waals surface area contributed by atoms with Crippen LogP contribution in [0.4, 0.5) is 0 Å². The van der Waals surface area contributed by atoms with Crippen molar-refractivity contribution in [3.63, 3.8) is 0 Å². The normalized spacial score (nSPS) is 20.0. The molecular formula is C20H28N4O4S2. The highest BCUT2D eigenvalue weighted by Crippen LogP contribution is 2.28. The predicted octanol–water partition coefficient (Wildman–Crippen LogP) is 2.10. The molecule has 0 spiro atoms. The predicted molar refractivity (Wildman–Crippen MR) is 114 cm³/mol. The Morgan fingerprint density at radius 2 is 1.87 bits per heavy atom. The molecule has 0 atom stereocenters. The summed E-state index contributed by atoms with van der Waals surface area (Å²) in [7, 11) is -3.64. The van der Waals surface area contributed by atoms with Crippen molar-refractivity contribution in [2.75, 3.05) is 39.3 Å². The fourth-order valence-corrected chi connectivity index (χ4v) is 6.83. The van der Waals surface area contributed by atoms with E-state index in [2.05, 4.69) is 27.6 Å². The third-order valence-corrected chi connectivity index (χ3v) is 9.02. The van der Waals surface area contributed by atoms with Gasteiger partial charge in [0.1, 0.15) is 10.6 Å². The topological polar surface area (TPSA) is 87.0 Å². The fraction of sp³-hybridized carbons (Fsp3) is 0.600. The second-order valence-corrected chi connectivity index (χ2v) is 10.9. The molecule has 2 fully saturated rings. The molecule has 4 heterocycles. The summed E-state index contributed by atoms with van der Waals surface area (Å²) in [5.74, 6) is 0.372. The molecule has 4 rings (SSSR count). The molecule has 164 valence electrons. The average molecular weight is 453 g/mol. The van der Waals surface area contributed by atoms with Gasteiger partial charge in [0.25, 0.3) is 0 Å². The number of hydrogen-bond donors (Lipinski definition) is 0. The lowest BCUT2D eigenvalue weighted by molar-refractivity contribution is -0.138. The molecular weight excluding hydrogens is 424 g/mol. The summed E-state index contributed by atoms with van der Waals surface area (Å²) < 4.78 is 32.4. The molecule has 0 radical (unpaired) electrons. The number of nitrogens with zero attached hydrogens (tertiary/aromatic N) is 4. The van der Waals surface area contributed by atoms with Crippen molar-refractivity contribution in [2.24, 2.45) is 5.92 Å². The zero-order valence-corrected chi connectivity index (χ0v) is 19.0. The number of hydrogen-bond acceptors (Lipinski definition) is 7. The van der Waals surface area contributed by atoms with Gasteiger partial charge in [0.15, 0.2) is 5.76 Å². The van der Waals surface area contributed by atoms with Crippen LogP contribution in [-0.4, -0.2) is 72.9 Å². The van der Waals surface area contributed by atoms with E-state index in [-0.39, 0.29) is 16.7 Å². The molecule has 8 nitrogen and oxygen atoms in total. The van der Waals surface area contributed by atoms with Gasteiger partial charge in [-0.05, 0) is 38.1 Å². The van der Waals surface area contributed by atoms with Gasteiger partial charge >= 0.3 is 0 Å². The van der Waals surface area contributed by atoms with Crippen molar-refractivity contribution < 1.29 is 17.7 Å². The first-order valence-corrected chi connectivity index (χ1v) is 12.6. The van der Waals surface area contributed by atoms with Gasteiger partial charge in [-0.3, -0.25) is 9.69 Å². The molecule has 0 saturated carbocycles.